The second-order valence-corrected chi connectivity index (χ2v) is 4.10. The van der Waals surface area contributed by atoms with Crippen molar-refractivity contribution in [2.75, 3.05) is 6.54 Å². The molecule has 1 rings (SSSR count). The summed E-state index contributed by atoms with van der Waals surface area (Å²) in [6.45, 7) is 2.05. The Kier molecular flexibility index (Phi) is 5.04. The van der Waals surface area contributed by atoms with Crippen LogP contribution < -0.4 is 5.32 Å². The van der Waals surface area contributed by atoms with Crippen LogP contribution in [0.5, 0.6) is 0 Å². The normalized spacial score (nSPS) is 11.8. The zero-order chi connectivity index (χ0) is 14.4. The molecule has 1 atom stereocenters. The van der Waals surface area contributed by atoms with Crippen molar-refractivity contribution in [1.29, 1.82) is 0 Å². The Balaban J connectivity index is 2.54. The molecule has 1 unspecified atom stereocenters. The second-order valence-electron chi connectivity index (χ2n) is 4.10. The number of carboxylic acids is 1. The first-order valence-electron chi connectivity index (χ1n) is 5.77. The zero-order valence-electron chi connectivity index (χ0n) is 10.4. The summed E-state index contributed by atoms with van der Waals surface area (Å²) in [5.74, 6) is -1.83. The molecule has 0 bridgehead atoms. The van der Waals surface area contributed by atoms with E-state index in [4.69, 9.17) is 5.11 Å². The molecule has 104 valence electrons. The number of H-pyrrole nitrogens is 1. The summed E-state index contributed by atoms with van der Waals surface area (Å²) in [7, 11) is 0. The number of hydrogen-bond acceptors (Lipinski definition) is 4. The van der Waals surface area contributed by atoms with Crippen LogP contribution in [0.25, 0.3) is 0 Å². The average Bonchev–Trinajstić information content (AvgIpc) is 2.83. The summed E-state index contributed by atoms with van der Waals surface area (Å²) >= 11 is 0. The molecule has 0 spiro atoms. The van der Waals surface area contributed by atoms with E-state index in [9.17, 15) is 19.7 Å². The van der Waals surface area contributed by atoms with Crippen LogP contribution >= 0.6 is 0 Å². The highest BCUT2D eigenvalue weighted by Gasteiger charge is 2.17. The fraction of sp³-hybridized carbons (Fsp3) is 0.455. The topological polar surface area (TPSA) is 125 Å². The van der Waals surface area contributed by atoms with Crippen molar-refractivity contribution >= 4 is 17.7 Å². The highest BCUT2D eigenvalue weighted by Crippen LogP contribution is 2.11. The van der Waals surface area contributed by atoms with Crippen molar-refractivity contribution < 1.29 is 19.6 Å². The monoisotopic (exact) mass is 269 g/mol. The molecular weight excluding hydrogens is 254 g/mol. The van der Waals surface area contributed by atoms with E-state index < -0.39 is 16.8 Å². The number of hydrogen-bond donors (Lipinski definition) is 3. The molecule has 0 saturated heterocycles. The molecule has 0 radical (unpaired) electrons. The van der Waals surface area contributed by atoms with Crippen LogP contribution in [0.2, 0.25) is 0 Å². The Morgan fingerprint density at radius 3 is 2.68 bits per heavy atom. The van der Waals surface area contributed by atoms with Crippen molar-refractivity contribution in [3.63, 3.8) is 0 Å². The second kappa shape index (κ2) is 6.53. The van der Waals surface area contributed by atoms with Crippen LogP contribution in [0.1, 0.15) is 30.3 Å². The first kappa shape index (κ1) is 14.7. The van der Waals surface area contributed by atoms with E-state index in [1.54, 1.807) is 0 Å². The van der Waals surface area contributed by atoms with E-state index in [-0.39, 0.29) is 30.4 Å². The van der Waals surface area contributed by atoms with Crippen LogP contribution in [0.4, 0.5) is 5.82 Å². The maximum absolute atomic E-state index is 11.7. The minimum absolute atomic E-state index is 0.0261. The predicted octanol–water partition coefficient (Wildman–Crippen LogP) is 1.15. The first-order valence-corrected chi connectivity index (χ1v) is 5.77. The van der Waals surface area contributed by atoms with Gasteiger partial charge in [-0.05, 0) is 16.9 Å². The number of carbonyl (C=O) groups is 2. The molecule has 3 N–H and O–H groups in total. The molecule has 19 heavy (non-hydrogen) atoms. The van der Waals surface area contributed by atoms with Crippen LogP contribution in [0, 0.1) is 16.0 Å². The van der Waals surface area contributed by atoms with Gasteiger partial charge in [-0.15, -0.1) is 0 Å². The lowest BCUT2D eigenvalue weighted by Crippen LogP contribution is -2.30. The van der Waals surface area contributed by atoms with Gasteiger partial charge in [-0.2, -0.15) is 0 Å². The maximum atomic E-state index is 11.7. The summed E-state index contributed by atoms with van der Waals surface area (Å²) in [4.78, 5) is 34.4. The molecule has 1 heterocycles. The van der Waals surface area contributed by atoms with Crippen LogP contribution in [-0.4, -0.2) is 33.4 Å². The van der Waals surface area contributed by atoms with E-state index in [1.165, 1.54) is 12.1 Å². The van der Waals surface area contributed by atoms with E-state index in [1.807, 2.05) is 6.92 Å². The molecule has 0 aliphatic heterocycles. The fourth-order valence-corrected chi connectivity index (χ4v) is 1.56. The maximum Gasteiger partial charge on any atom is 0.321 e. The van der Waals surface area contributed by atoms with Gasteiger partial charge in [0.15, 0.2) is 5.69 Å². The van der Waals surface area contributed by atoms with Gasteiger partial charge in [0.1, 0.15) is 0 Å². The van der Waals surface area contributed by atoms with E-state index in [0.29, 0.717) is 6.42 Å². The van der Waals surface area contributed by atoms with E-state index in [0.717, 1.165) is 0 Å². The summed E-state index contributed by atoms with van der Waals surface area (Å²) < 4.78 is 0. The third-order valence-electron chi connectivity index (χ3n) is 2.70. The number of carboxylic acid groups (broad SMARTS) is 1. The van der Waals surface area contributed by atoms with Gasteiger partial charge in [0.05, 0.1) is 0 Å². The van der Waals surface area contributed by atoms with E-state index >= 15 is 0 Å². The van der Waals surface area contributed by atoms with Crippen molar-refractivity contribution in [1.82, 2.24) is 10.3 Å². The third kappa shape index (κ3) is 4.41. The summed E-state index contributed by atoms with van der Waals surface area (Å²) in [5, 5.41) is 21.7. The number of aromatic amines is 1. The minimum atomic E-state index is -0.920. The summed E-state index contributed by atoms with van der Waals surface area (Å²) in [5.41, 5.74) is 0.0804. The highest BCUT2D eigenvalue weighted by molar-refractivity contribution is 5.92. The predicted molar refractivity (Wildman–Crippen MR) is 65.8 cm³/mol. The van der Waals surface area contributed by atoms with Gasteiger partial charge >= 0.3 is 11.8 Å². The number of aromatic nitrogens is 1. The van der Waals surface area contributed by atoms with Crippen LogP contribution in [-0.2, 0) is 4.79 Å². The summed E-state index contributed by atoms with van der Waals surface area (Å²) in [6.07, 6.45) is 0.596. The number of carbonyl (C=O) groups excluding carboxylic acids is 1. The SMILES string of the molecule is CCC(CNC(=O)c1ccc([N+](=O)[O-])[nH]1)CC(=O)O. The molecule has 0 aliphatic carbocycles. The number of nitrogens with one attached hydrogen (secondary N) is 2. The number of nitro groups is 1. The number of aliphatic carboxylic acids is 1. The quantitative estimate of drug-likeness (QED) is 0.505. The standard InChI is InChI=1S/C11H15N3O5/c1-2-7(5-10(15)16)6-12-11(17)8-3-4-9(13-8)14(18)19/h3-4,7,13H,2,5-6H2,1H3,(H,12,17)(H,15,16). The number of nitrogens with zero attached hydrogens (tertiary/aromatic N) is 1. The fourth-order valence-electron chi connectivity index (χ4n) is 1.56. The van der Waals surface area contributed by atoms with Gasteiger partial charge in [-0.3, -0.25) is 9.59 Å². The van der Waals surface area contributed by atoms with Gasteiger partial charge < -0.3 is 20.5 Å². The first-order chi connectivity index (χ1) is 8.93. The molecule has 1 aromatic heterocycles. The van der Waals surface area contributed by atoms with E-state index in [2.05, 4.69) is 10.3 Å². The molecule has 8 heteroatoms. The molecule has 0 fully saturated rings. The van der Waals surface area contributed by atoms with Crippen LogP contribution in [0.15, 0.2) is 12.1 Å². The Morgan fingerprint density at radius 1 is 1.53 bits per heavy atom. The molecule has 0 saturated carbocycles. The molecular formula is C11H15N3O5. The Bertz CT molecular complexity index is 482. The Morgan fingerprint density at radius 2 is 2.21 bits per heavy atom. The average molecular weight is 269 g/mol. The lowest BCUT2D eigenvalue weighted by Gasteiger charge is -2.12. The lowest BCUT2D eigenvalue weighted by molar-refractivity contribution is -0.389. The highest BCUT2D eigenvalue weighted by atomic mass is 16.6. The van der Waals surface area contributed by atoms with Crippen molar-refractivity contribution in [3.8, 4) is 0 Å². The lowest BCUT2D eigenvalue weighted by atomic mass is 10.0. The number of amides is 1. The molecule has 1 aromatic rings. The largest absolute Gasteiger partial charge is 0.481 e. The van der Waals surface area contributed by atoms with Gasteiger partial charge in [0.2, 0.25) is 0 Å². The van der Waals surface area contributed by atoms with Crippen molar-refractivity contribution in [2.24, 2.45) is 5.92 Å². The van der Waals surface area contributed by atoms with Gasteiger partial charge in [0.25, 0.3) is 5.91 Å². The molecule has 0 aromatic carbocycles. The Labute approximate surface area is 109 Å². The Hall–Kier alpha value is -2.38. The third-order valence-corrected chi connectivity index (χ3v) is 2.70. The zero-order valence-corrected chi connectivity index (χ0v) is 10.4. The van der Waals surface area contributed by atoms with Gasteiger partial charge in [0, 0.05) is 19.0 Å². The van der Waals surface area contributed by atoms with Gasteiger partial charge in [-0.25, -0.2) is 4.98 Å². The van der Waals surface area contributed by atoms with Crippen LogP contribution in [0.3, 0.4) is 0 Å². The summed E-state index contributed by atoms with van der Waals surface area (Å²) in [6, 6.07) is 2.51. The number of rotatable bonds is 7. The molecule has 8 nitrogen and oxygen atoms in total. The van der Waals surface area contributed by atoms with Gasteiger partial charge in [-0.1, -0.05) is 13.3 Å². The molecule has 1 amide bonds. The van der Waals surface area contributed by atoms with Crippen molar-refractivity contribution in [2.45, 2.75) is 19.8 Å². The smallest absolute Gasteiger partial charge is 0.321 e. The molecule has 0 aliphatic rings. The minimum Gasteiger partial charge on any atom is -0.481 e. The van der Waals surface area contributed by atoms with Crippen molar-refractivity contribution in [3.05, 3.63) is 27.9 Å².